The van der Waals surface area contributed by atoms with Crippen LogP contribution in [0.25, 0.3) is 16.8 Å². The van der Waals surface area contributed by atoms with Crippen LogP contribution in [0.3, 0.4) is 0 Å². The molecule has 0 radical (unpaired) electrons. The number of hydrogen-bond acceptors (Lipinski definition) is 3. The van der Waals surface area contributed by atoms with Crippen molar-refractivity contribution in [1.82, 2.24) is 5.32 Å². The van der Waals surface area contributed by atoms with Crippen molar-refractivity contribution >= 4 is 45.4 Å². The van der Waals surface area contributed by atoms with E-state index in [4.69, 9.17) is 0 Å². The molecule has 1 aliphatic heterocycles. The number of thioether (sulfide) groups is 1. The van der Waals surface area contributed by atoms with E-state index in [2.05, 4.69) is 10.3 Å². The van der Waals surface area contributed by atoms with Crippen molar-refractivity contribution in [3.05, 3.63) is 83.0 Å². The third kappa shape index (κ3) is 3.32. The monoisotopic (exact) mass is 348 g/mol. The van der Waals surface area contributed by atoms with Gasteiger partial charge in [-0.2, -0.15) is 0 Å². The fourth-order valence-corrected chi connectivity index (χ4v) is 3.41. The van der Waals surface area contributed by atoms with Crippen molar-refractivity contribution in [1.29, 1.82) is 0 Å². The van der Waals surface area contributed by atoms with Crippen LogP contribution in [0, 0.1) is 5.82 Å². The van der Waals surface area contributed by atoms with Gasteiger partial charge in [0.25, 0.3) is 5.91 Å². The molecule has 3 aromatic rings. The Morgan fingerprint density at radius 3 is 2.56 bits per heavy atom. The zero-order valence-corrected chi connectivity index (χ0v) is 13.9. The summed E-state index contributed by atoms with van der Waals surface area (Å²) in [7, 11) is 0. The quantitative estimate of drug-likeness (QED) is 0.671. The highest BCUT2D eigenvalue weighted by Gasteiger charge is 2.24. The third-order valence-corrected chi connectivity index (χ3v) is 4.72. The molecular weight excluding hydrogens is 335 g/mol. The Morgan fingerprint density at radius 2 is 1.72 bits per heavy atom. The second-order valence-corrected chi connectivity index (χ2v) is 6.57. The summed E-state index contributed by atoms with van der Waals surface area (Å²) >= 11 is 1.21. The van der Waals surface area contributed by atoms with Crippen LogP contribution in [-0.2, 0) is 4.79 Å². The standard InChI is InChI=1S/C20H13FN2OS/c21-17-8-4-3-7-15(17)12-18-19(24)23-20(25-18)22-16-10-9-13-5-1-2-6-14(13)11-16/h1-12H,(H,22,23,24). The number of benzene rings is 3. The molecule has 122 valence electrons. The van der Waals surface area contributed by atoms with E-state index in [0.29, 0.717) is 15.6 Å². The average Bonchev–Trinajstić information content (AvgIpc) is 2.96. The highest BCUT2D eigenvalue weighted by atomic mass is 32.2. The van der Waals surface area contributed by atoms with E-state index in [0.717, 1.165) is 16.5 Å². The van der Waals surface area contributed by atoms with E-state index in [1.165, 1.54) is 23.9 Å². The predicted octanol–water partition coefficient (Wildman–Crippen LogP) is 4.87. The molecule has 0 unspecified atom stereocenters. The highest BCUT2D eigenvalue weighted by molar-refractivity contribution is 8.18. The molecular formula is C20H13FN2OS. The van der Waals surface area contributed by atoms with Gasteiger partial charge in [0.1, 0.15) is 5.82 Å². The maximum atomic E-state index is 13.7. The van der Waals surface area contributed by atoms with Gasteiger partial charge in [-0.1, -0.05) is 48.5 Å². The molecule has 1 N–H and O–H groups in total. The molecule has 3 nitrogen and oxygen atoms in total. The SMILES string of the molecule is O=C1NC(=Nc2ccc3ccccc3c2)SC1=Cc1ccccc1F. The molecule has 1 saturated heterocycles. The van der Waals surface area contributed by atoms with E-state index in [1.807, 2.05) is 42.5 Å². The number of nitrogens with zero attached hydrogens (tertiary/aromatic N) is 1. The van der Waals surface area contributed by atoms with Gasteiger partial charge in [-0.25, -0.2) is 9.38 Å². The highest BCUT2D eigenvalue weighted by Crippen LogP contribution is 2.29. The van der Waals surface area contributed by atoms with Crippen LogP contribution in [0.1, 0.15) is 5.56 Å². The van der Waals surface area contributed by atoms with E-state index >= 15 is 0 Å². The minimum Gasteiger partial charge on any atom is -0.300 e. The van der Waals surface area contributed by atoms with Crippen molar-refractivity contribution in [2.24, 2.45) is 4.99 Å². The Bertz CT molecular complexity index is 1040. The summed E-state index contributed by atoms with van der Waals surface area (Å²) in [6, 6.07) is 20.2. The van der Waals surface area contributed by atoms with Gasteiger partial charge in [-0.15, -0.1) is 0 Å². The van der Waals surface area contributed by atoms with E-state index in [1.54, 1.807) is 18.2 Å². The minimum atomic E-state index is -0.358. The number of carbonyl (C=O) groups is 1. The zero-order chi connectivity index (χ0) is 17.2. The lowest BCUT2D eigenvalue weighted by Gasteiger charge is -2.00. The van der Waals surface area contributed by atoms with Crippen molar-refractivity contribution in [3.63, 3.8) is 0 Å². The molecule has 25 heavy (non-hydrogen) atoms. The first-order chi connectivity index (χ1) is 12.2. The summed E-state index contributed by atoms with van der Waals surface area (Å²) in [5.74, 6) is -0.629. The molecule has 3 aromatic carbocycles. The number of amidine groups is 1. The number of nitrogens with one attached hydrogen (secondary N) is 1. The predicted molar refractivity (Wildman–Crippen MR) is 101 cm³/mol. The summed E-state index contributed by atoms with van der Waals surface area (Å²) in [6.07, 6.45) is 1.54. The molecule has 4 rings (SSSR count). The van der Waals surface area contributed by atoms with Gasteiger partial charge in [0.05, 0.1) is 10.6 Å². The normalized spacial score (nSPS) is 17.4. The summed E-state index contributed by atoms with van der Waals surface area (Å²) < 4.78 is 13.7. The second-order valence-electron chi connectivity index (χ2n) is 5.53. The third-order valence-electron chi connectivity index (χ3n) is 3.81. The van der Waals surface area contributed by atoms with Gasteiger partial charge in [0.15, 0.2) is 5.17 Å². The summed E-state index contributed by atoms with van der Waals surface area (Å²) in [5, 5.41) is 5.43. The fraction of sp³-hybridized carbons (Fsp3) is 0. The number of halogens is 1. The summed E-state index contributed by atoms with van der Waals surface area (Å²) in [4.78, 5) is 17.0. The number of carbonyl (C=O) groups excluding carboxylic acids is 1. The van der Waals surface area contributed by atoms with Crippen LogP contribution in [-0.4, -0.2) is 11.1 Å². The lowest BCUT2D eigenvalue weighted by Crippen LogP contribution is -2.19. The largest absolute Gasteiger partial charge is 0.300 e. The number of amides is 1. The van der Waals surface area contributed by atoms with Gasteiger partial charge < -0.3 is 5.32 Å². The van der Waals surface area contributed by atoms with Gasteiger partial charge in [0, 0.05) is 5.56 Å². The average molecular weight is 348 g/mol. The van der Waals surface area contributed by atoms with E-state index in [9.17, 15) is 9.18 Å². The zero-order valence-electron chi connectivity index (χ0n) is 13.1. The molecule has 0 aliphatic carbocycles. The Balaban J connectivity index is 1.62. The number of hydrogen-bond donors (Lipinski definition) is 1. The van der Waals surface area contributed by atoms with Crippen LogP contribution in [0.4, 0.5) is 10.1 Å². The maximum absolute atomic E-state index is 13.7. The topological polar surface area (TPSA) is 41.5 Å². The maximum Gasteiger partial charge on any atom is 0.264 e. The first-order valence-corrected chi connectivity index (χ1v) is 8.54. The minimum absolute atomic E-state index is 0.271. The molecule has 1 aliphatic rings. The molecule has 0 atom stereocenters. The molecule has 1 heterocycles. The number of rotatable bonds is 2. The van der Waals surface area contributed by atoms with Gasteiger partial charge >= 0.3 is 0 Å². The fourth-order valence-electron chi connectivity index (χ4n) is 2.58. The summed E-state index contributed by atoms with van der Waals surface area (Å²) in [5.41, 5.74) is 1.14. The Kier molecular flexibility index (Phi) is 4.07. The van der Waals surface area contributed by atoms with Crippen LogP contribution in [0.2, 0.25) is 0 Å². The molecule has 1 fully saturated rings. The number of aliphatic imine (C=N–C) groups is 1. The van der Waals surface area contributed by atoms with Crippen LogP contribution in [0.5, 0.6) is 0 Å². The second kappa shape index (κ2) is 6.53. The van der Waals surface area contributed by atoms with Gasteiger partial charge in [0.2, 0.25) is 0 Å². The van der Waals surface area contributed by atoms with Crippen LogP contribution >= 0.6 is 11.8 Å². The Morgan fingerprint density at radius 1 is 0.960 bits per heavy atom. The molecule has 0 bridgehead atoms. The van der Waals surface area contributed by atoms with Crippen molar-refractivity contribution in [3.8, 4) is 0 Å². The number of fused-ring (bicyclic) bond motifs is 1. The molecule has 1 amide bonds. The lowest BCUT2D eigenvalue weighted by atomic mass is 10.1. The Hall–Kier alpha value is -2.92. The molecule has 0 saturated carbocycles. The van der Waals surface area contributed by atoms with Crippen LogP contribution in [0.15, 0.2) is 76.6 Å². The van der Waals surface area contributed by atoms with Crippen molar-refractivity contribution in [2.75, 3.05) is 0 Å². The van der Waals surface area contributed by atoms with Gasteiger partial charge in [-0.05, 0) is 46.8 Å². The van der Waals surface area contributed by atoms with Crippen molar-refractivity contribution < 1.29 is 9.18 Å². The first kappa shape index (κ1) is 15.6. The first-order valence-electron chi connectivity index (χ1n) is 7.72. The van der Waals surface area contributed by atoms with Crippen LogP contribution < -0.4 is 5.32 Å². The lowest BCUT2D eigenvalue weighted by molar-refractivity contribution is -0.115. The van der Waals surface area contributed by atoms with Crippen molar-refractivity contribution in [2.45, 2.75) is 0 Å². The molecule has 5 heteroatoms. The van der Waals surface area contributed by atoms with Gasteiger partial charge in [-0.3, -0.25) is 4.79 Å². The summed E-state index contributed by atoms with van der Waals surface area (Å²) in [6.45, 7) is 0. The Labute approximate surface area is 148 Å². The molecule has 0 aromatic heterocycles. The van der Waals surface area contributed by atoms with E-state index in [-0.39, 0.29) is 11.7 Å². The smallest absolute Gasteiger partial charge is 0.264 e. The molecule has 0 spiro atoms. The van der Waals surface area contributed by atoms with E-state index < -0.39 is 0 Å².